The first-order valence-corrected chi connectivity index (χ1v) is 5.51. The lowest BCUT2D eigenvalue weighted by Crippen LogP contribution is -2.31. The van der Waals surface area contributed by atoms with Crippen molar-refractivity contribution in [2.45, 2.75) is 39.8 Å². The van der Waals surface area contributed by atoms with E-state index in [2.05, 4.69) is 56.4 Å². The summed E-state index contributed by atoms with van der Waals surface area (Å²) >= 11 is 0. The first kappa shape index (κ1) is 11.3. The Morgan fingerprint density at radius 1 is 1.14 bits per heavy atom. The monoisotopic (exact) mass is 191 g/mol. The summed E-state index contributed by atoms with van der Waals surface area (Å²) in [4.78, 5) is 0. The molecule has 0 heterocycles. The lowest BCUT2D eigenvalue weighted by molar-refractivity contribution is 0.389. The van der Waals surface area contributed by atoms with Crippen molar-refractivity contribution in [1.82, 2.24) is 5.32 Å². The molecule has 2 atom stereocenters. The fourth-order valence-corrected chi connectivity index (χ4v) is 1.43. The zero-order valence-corrected chi connectivity index (χ0v) is 9.46. The fraction of sp³-hybridized carbons (Fsp3) is 0.538. The molecule has 0 unspecified atom stereocenters. The first-order chi connectivity index (χ1) is 6.74. The Morgan fingerprint density at radius 2 is 1.79 bits per heavy atom. The fourth-order valence-electron chi connectivity index (χ4n) is 1.43. The molecule has 1 nitrogen and oxygen atoms in total. The maximum atomic E-state index is 3.55. The predicted molar refractivity (Wildman–Crippen MR) is 62.2 cm³/mol. The van der Waals surface area contributed by atoms with E-state index < -0.39 is 0 Å². The minimum absolute atomic E-state index is 0.597. The van der Waals surface area contributed by atoms with Gasteiger partial charge in [-0.05, 0) is 18.4 Å². The summed E-state index contributed by atoms with van der Waals surface area (Å²) in [6, 6.07) is 11.2. The van der Waals surface area contributed by atoms with E-state index in [1.54, 1.807) is 0 Å². The van der Waals surface area contributed by atoms with Crippen LogP contribution in [0, 0.1) is 5.92 Å². The quantitative estimate of drug-likeness (QED) is 0.753. The third-order valence-electron chi connectivity index (χ3n) is 2.97. The highest BCUT2D eigenvalue weighted by molar-refractivity contribution is 5.14. The van der Waals surface area contributed by atoms with E-state index in [1.165, 1.54) is 12.0 Å². The van der Waals surface area contributed by atoms with Crippen molar-refractivity contribution >= 4 is 0 Å². The van der Waals surface area contributed by atoms with Crippen molar-refractivity contribution in [3.05, 3.63) is 35.9 Å². The highest BCUT2D eigenvalue weighted by Crippen LogP contribution is 2.07. The SMILES string of the molecule is CC[C@H](C)[C@@H](C)NCc1ccccc1. The molecule has 0 aliphatic heterocycles. The van der Waals surface area contributed by atoms with Gasteiger partial charge in [0.15, 0.2) is 0 Å². The van der Waals surface area contributed by atoms with E-state index in [0.29, 0.717) is 6.04 Å². The van der Waals surface area contributed by atoms with Gasteiger partial charge in [0.2, 0.25) is 0 Å². The Kier molecular flexibility index (Phi) is 4.68. The van der Waals surface area contributed by atoms with Gasteiger partial charge in [0.25, 0.3) is 0 Å². The second-order valence-corrected chi connectivity index (χ2v) is 4.04. The number of hydrogen-bond donors (Lipinski definition) is 1. The molecule has 1 aromatic rings. The molecule has 0 radical (unpaired) electrons. The summed E-state index contributed by atoms with van der Waals surface area (Å²) in [5.41, 5.74) is 1.36. The van der Waals surface area contributed by atoms with Crippen LogP contribution in [0.3, 0.4) is 0 Å². The molecule has 0 saturated heterocycles. The molecule has 0 fully saturated rings. The van der Waals surface area contributed by atoms with Crippen molar-refractivity contribution in [1.29, 1.82) is 0 Å². The van der Waals surface area contributed by atoms with Crippen molar-refractivity contribution in [3.63, 3.8) is 0 Å². The summed E-state index contributed by atoms with van der Waals surface area (Å²) < 4.78 is 0. The smallest absolute Gasteiger partial charge is 0.0208 e. The molecule has 0 bridgehead atoms. The van der Waals surface area contributed by atoms with Crippen LogP contribution in [-0.2, 0) is 6.54 Å². The summed E-state index contributed by atoms with van der Waals surface area (Å²) in [5, 5.41) is 3.55. The molecule has 1 heteroatoms. The van der Waals surface area contributed by atoms with Crippen molar-refractivity contribution in [3.8, 4) is 0 Å². The van der Waals surface area contributed by atoms with Crippen LogP contribution in [0.4, 0.5) is 0 Å². The highest BCUT2D eigenvalue weighted by Gasteiger charge is 2.08. The van der Waals surface area contributed by atoms with E-state index >= 15 is 0 Å². The molecule has 1 N–H and O–H groups in total. The van der Waals surface area contributed by atoms with Crippen LogP contribution >= 0.6 is 0 Å². The second-order valence-electron chi connectivity index (χ2n) is 4.04. The molecule has 1 rings (SSSR count). The van der Waals surface area contributed by atoms with Crippen LogP contribution in [-0.4, -0.2) is 6.04 Å². The first-order valence-electron chi connectivity index (χ1n) is 5.51. The molecule has 78 valence electrons. The maximum Gasteiger partial charge on any atom is 0.0208 e. The summed E-state index contributed by atoms with van der Waals surface area (Å²) in [6.45, 7) is 7.78. The van der Waals surface area contributed by atoms with Crippen molar-refractivity contribution < 1.29 is 0 Å². The Labute approximate surface area is 87.5 Å². The molecular weight excluding hydrogens is 170 g/mol. The second kappa shape index (κ2) is 5.82. The Balaban J connectivity index is 2.34. The molecule has 0 aliphatic carbocycles. The van der Waals surface area contributed by atoms with E-state index in [9.17, 15) is 0 Å². The van der Waals surface area contributed by atoms with Crippen LogP contribution in [0.1, 0.15) is 32.8 Å². The van der Waals surface area contributed by atoms with E-state index in [-0.39, 0.29) is 0 Å². The van der Waals surface area contributed by atoms with Gasteiger partial charge in [0, 0.05) is 12.6 Å². The van der Waals surface area contributed by atoms with Gasteiger partial charge in [-0.15, -0.1) is 0 Å². The van der Waals surface area contributed by atoms with Gasteiger partial charge >= 0.3 is 0 Å². The van der Waals surface area contributed by atoms with Crippen LogP contribution in [0.2, 0.25) is 0 Å². The third-order valence-corrected chi connectivity index (χ3v) is 2.97. The number of benzene rings is 1. The molecule has 0 aromatic heterocycles. The number of nitrogens with one attached hydrogen (secondary N) is 1. The van der Waals surface area contributed by atoms with Crippen molar-refractivity contribution in [2.24, 2.45) is 5.92 Å². The minimum atomic E-state index is 0.597. The van der Waals surface area contributed by atoms with Crippen LogP contribution in [0.15, 0.2) is 30.3 Å². The highest BCUT2D eigenvalue weighted by atomic mass is 14.9. The lowest BCUT2D eigenvalue weighted by Gasteiger charge is -2.19. The van der Waals surface area contributed by atoms with Crippen LogP contribution in [0.25, 0.3) is 0 Å². The van der Waals surface area contributed by atoms with Gasteiger partial charge in [-0.1, -0.05) is 50.6 Å². The standard InChI is InChI=1S/C13H21N/c1-4-11(2)12(3)14-10-13-8-6-5-7-9-13/h5-9,11-12,14H,4,10H2,1-3H3/t11-,12+/m0/s1. The van der Waals surface area contributed by atoms with E-state index in [4.69, 9.17) is 0 Å². The molecule has 0 amide bonds. The van der Waals surface area contributed by atoms with Crippen molar-refractivity contribution in [2.75, 3.05) is 0 Å². The lowest BCUT2D eigenvalue weighted by atomic mass is 10.0. The topological polar surface area (TPSA) is 12.0 Å². The Hall–Kier alpha value is -0.820. The third kappa shape index (κ3) is 3.51. The zero-order valence-electron chi connectivity index (χ0n) is 9.46. The predicted octanol–water partition coefficient (Wildman–Crippen LogP) is 3.21. The van der Waals surface area contributed by atoms with Gasteiger partial charge in [0.1, 0.15) is 0 Å². The van der Waals surface area contributed by atoms with E-state index in [1.807, 2.05) is 0 Å². The average Bonchev–Trinajstić information content (AvgIpc) is 2.26. The molecule has 0 saturated carbocycles. The van der Waals surface area contributed by atoms with Gasteiger partial charge < -0.3 is 5.32 Å². The maximum absolute atomic E-state index is 3.55. The molecule has 1 aromatic carbocycles. The summed E-state index contributed by atoms with van der Waals surface area (Å²) in [6.07, 6.45) is 1.24. The molecular formula is C13H21N. The van der Waals surface area contributed by atoms with Gasteiger partial charge in [-0.3, -0.25) is 0 Å². The van der Waals surface area contributed by atoms with Gasteiger partial charge in [0.05, 0.1) is 0 Å². The van der Waals surface area contributed by atoms with Gasteiger partial charge in [-0.25, -0.2) is 0 Å². The zero-order chi connectivity index (χ0) is 10.4. The van der Waals surface area contributed by atoms with Crippen LogP contribution in [0.5, 0.6) is 0 Å². The molecule has 0 spiro atoms. The summed E-state index contributed by atoms with van der Waals surface area (Å²) in [5.74, 6) is 0.749. The summed E-state index contributed by atoms with van der Waals surface area (Å²) in [7, 11) is 0. The molecule has 0 aliphatic rings. The van der Waals surface area contributed by atoms with Gasteiger partial charge in [-0.2, -0.15) is 0 Å². The van der Waals surface area contributed by atoms with Crippen LogP contribution < -0.4 is 5.32 Å². The largest absolute Gasteiger partial charge is 0.310 e. The number of hydrogen-bond acceptors (Lipinski definition) is 1. The molecule has 14 heavy (non-hydrogen) atoms. The normalized spacial score (nSPS) is 15.1. The number of rotatable bonds is 5. The average molecular weight is 191 g/mol. The minimum Gasteiger partial charge on any atom is -0.310 e. The Bertz CT molecular complexity index is 243. The Morgan fingerprint density at radius 3 is 2.36 bits per heavy atom. The van der Waals surface area contributed by atoms with E-state index in [0.717, 1.165) is 12.5 Å².